The lowest BCUT2D eigenvalue weighted by atomic mass is 9.95. The molecule has 2 rings (SSSR count). The van der Waals surface area contributed by atoms with Crippen molar-refractivity contribution in [3.05, 3.63) is 11.6 Å². The van der Waals surface area contributed by atoms with Gasteiger partial charge in [-0.2, -0.15) is 0 Å². The number of likely N-dealkylation sites (N-methyl/N-ethyl adjacent to an activating group) is 1. The molecule has 2 aliphatic rings. The van der Waals surface area contributed by atoms with E-state index in [1.165, 1.54) is 38.5 Å². The van der Waals surface area contributed by atoms with E-state index in [9.17, 15) is 0 Å². The minimum Gasteiger partial charge on any atom is -0.376 e. The lowest BCUT2D eigenvalue weighted by Gasteiger charge is -2.32. The molecule has 0 saturated carbocycles. The summed E-state index contributed by atoms with van der Waals surface area (Å²) in [5, 5.41) is 3.60. The normalized spacial score (nSPS) is 28.9. The van der Waals surface area contributed by atoms with Crippen molar-refractivity contribution in [2.45, 2.75) is 57.6 Å². The highest BCUT2D eigenvalue weighted by Gasteiger charge is 2.27. The molecule has 2 atom stereocenters. The summed E-state index contributed by atoms with van der Waals surface area (Å²) in [6, 6.07) is 0.498. The fraction of sp³-hybridized carbons (Fsp3) is 0.846. The Bertz CT molecular complexity index is 219. The molecule has 1 aliphatic heterocycles. The standard InChI is InChI=1S/C13H23NO/c1-2-14-13(11-7-3-4-8-11)12-9-5-6-10-15-12/h7,12-14H,2-6,8-10H2,1H3. The van der Waals surface area contributed by atoms with Crippen molar-refractivity contribution < 1.29 is 4.74 Å². The first kappa shape index (κ1) is 11.2. The molecule has 0 aromatic rings. The summed E-state index contributed by atoms with van der Waals surface area (Å²) in [7, 11) is 0. The molecule has 1 fully saturated rings. The highest BCUT2D eigenvalue weighted by atomic mass is 16.5. The minimum absolute atomic E-state index is 0.433. The number of allylic oxidation sites excluding steroid dienone is 1. The summed E-state index contributed by atoms with van der Waals surface area (Å²) in [5.41, 5.74) is 1.60. The van der Waals surface area contributed by atoms with Crippen molar-refractivity contribution in [2.24, 2.45) is 0 Å². The van der Waals surface area contributed by atoms with E-state index in [0.717, 1.165) is 13.2 Å². The number of ether oxygens (including phenoxy) is 1. The molecule has 2 nitrogen and oxygen atoms in total. The van der Waals surface area contributed by atoms with Gasteiger partial charge in [0.25, 0.3) is 0 Å². The molecule has 1 saturated heterocycles. The maximum absolute atomic E-state index is 5.90. The number of nitrogens with one attached hydrogen (secondary N) is 1. The number of hydrogen-bond donors (Lipinski definition) is 1. The van der Waals surface area contributed by atoms with Crippen LogP contribution in [0.2, 0.25) is 0 Å². The van der Waals surface area contributed by atoms with E-state index in [4.69, 9.17) is 4.74 Å². The zero-order valence-corrected chi connectivity index (χ0v) is 9.80. The van der Waals surface area contributed by atoms with Gasteiger partial charge in [0, 0.05) is 6.61 Å². The highest BCUT2D eigenvalue weighted by molar-refractivity contribution is 5.17. The molecule has 1 heterocycles. The number of rotatable bonds is 4. The summed E-state index contributed by atoms with van der Waals surface area (Å²) in [4.78, 5) is 0. The Morgan fingerprint density at radius 3 is 3.00 bits per heavy atom. The van der Waals surface area contributed by atoms with Crippen LogP contribution in [0.3, 0.4) is 0 Å². The Balaban J connectivity index is 1.97. The Morgan fingerprint density at radius 1 is 1.47 bits per heavy atom. The van der Waals surface area contributed by atoms with E-state index in [1.54, 1.807) is 5.57 Å². The van der Waals surface area contributed by atoms with Crippen molar-refractivity contribution in [2.75, 3.05) is 13.2 Å². The van der Waals surface area contributed by atoms with Gasteiger partial charge in [-0.15, -0.1) is 0 Å². The Kier molecular flexibility index (Phi) is 4.21. The summed E-state index contributed by atoms with van der Waals surface area (Å²) in [5.74, 6) is 0. The van der Waals surface area contributed by atoms with Crippen molar-refractivity contribution in [1.82, 2.24) is 5.32 Å². The molecule has 2 heteroatoms. The van der Waals surface area contributed by atoms with Crippen LogP contribution < -0.4 is 5.32 Å². The topological polar surface area (TPSA) is 21.3 Å². The minimum atomic E-state index is 0.433. The fourth-order valence-corrected chi connectivity index (χ4v) is 2.73. The smallest absolute Gasteiger partial charge is 0.0766 e. The molecule has 86 valence electrons. The average Bonchev–Trinajstić information content (AvgIpc) is 2.80. The fourth-order valence-electron chi connectivity index (χ4n) is 2.73. The van der Waals surface area contributed by atoms with Gasteiger partial charge in [0.15, 0.2) is 0 Å². The molecule has 0 amide bonds. The lowest BCUT2D eigenvalue weighted by Crippen LogP contribution is -2.44. The van der Waals surface area contributed by atoms with E-state index >= 15 is 0 Å². The largest absolute Gasteiger partial charge is 0.376 e. The van der Waals surface area contributed by atoms with Gasteiger partial charge in [0.1, 0.15) is 0 Å². The van der Waals surface area contributed by atoms with Crippen molar-refractivity contribution in [1.29, 1.82) is 0 Å². The second-order valence-electron chi connectivity index (χ2n) is 4.61. The first-order valence-electron chi connectivity index (χ1n) is 6.45. The zero-order chi connectivity index (χ0) is 10.5. The maximum Gasteiger partial charge on any atom is 0.0766 e. The van der Waals surface area contributed by atoms with Gasteiger partial charge in [0.2, 0.25) is 0 Å². The van der Waals surface area contributed by atoms with Crippen LogP contribution in [0, 0.1) is 0 Å². The third kappa shape index (κ3) is 2.82. The zero-order valence-electron chi connectivity index (χ0n) is 9.80. The van der Waals surface area contributed by atoms with Gasteiger partial charge in [-0.1, -0.05) is 18.6 Å². The molecule has 1 N–H and O–H groups in total. The lowest BCUT2D eigenvalue weighted by molar-refractivity contribution is -0.0000648. The molecule has 0 aromatic carbocycles. The Hall–Kier alpha value is -0.340. The predicted octanol–water partition coefficient (Wildman–Crippen LogP) is 2.64. The summed E-state index contributed by atoms with van der Waals surface area (Å²) >= 11 is 0. The molecule has 15 heavy (non-hydrogen) atoms. The monoisotopic (exact) mass is 209 g/mol. The average molecular weight is 209 g/mol. The first-order valence-corrected chi connectivity index (χ1v) is 6.45. The predicted molar refractivity (Wildman–Crippen MR) is 63.0 cm³/mol. The van der Waals surface area contributed by atoms with E-state index in [0.29, 0.717) is 12.1 Å². The first-order chi connectivity index (χ1) is 7.42. The molecule has 0 aromatic heterocycles. The van der Waals surface area contributed by atoms with Crippen LogP contribution in [0.5, 0.6) is 0 Å². The van der Waals surface area contributed by atoms with Gasteiger partial charge >= 0.3 is 0 Å². The van der Waals surface area contributed by atoms with E-state index in [2.05, 4.69) is 18.3 Å². The van der Waals surface area contributed by atoms with Crippen LogP contribution in [0.4, 0.5) is 0 Å². The van der Waals surface area contributed by atoms with Crippen LogP contribution in [0.1, 0.15) is 45.4 Å². The number of hydrogen-bond acceptors (Lipinski definition) is 2. The summed E-state index contributed by atoms with van der Waals surface area (Å²) in [6.45, 7) is 4.19. The van der Waals surface area contributed by atoms with Crippen LogP contribution >= 0.6 is 0 Å². The third-order valence-electron chi connectivity index (χ3n) is 3.49. The second-order valence-corrected chi connectivity index (χ2v) is 4.61. The molecular weight excluding hydrogens is 186 g/mol. The highest BCUT2D eigenvalue weighted by Crippen LogP contribution is 2.27. The Morgan fingerprint density at radius 2 is 2.40 bits per heavy atom. The molecule has 2 unspecified atom stereocenters. The SMILES string of the molecule is CCNC(C1=CCCC1)C1CCCCO1. The molecule has 0 spiro atoms. The van der Waals surface area contributed by atoms with E-state index < -0.39 is 0 Å². The van der Waals surface area contributed by atoms with Crippen LogP contribution in [0.25, 0.3) is 0 Å². The van der Waals surface area contributed by atoms with Gasteiger partial charge < -0.3 is 10.1 Å². The van der Waals surface area contributed by atoms with E-state index in [1.807, 2.05) is 0 Å². The van der Waals surface area contributed by atoms with Crippen molar-refractivity contribution in [3.63, 3.8) is 0 Å². The van der Waals surface area contributed by atoms with E-state index in [-0.39, 0.29) is 0 Å². The van der Waals surface area contributed by atoms with Crippen molar-refractivity contribution >= 4 is 0 Å². The van der Waals surface area contributed by atoms with Gasteiger partial charge in [-0.3, -0.25) is 0 Å². The Labute approximate surface area is 93.1 Å². The van der Waals surface area contributed by atoms with Gasteiger partial charge in [-0.25, -0.2) is 0 Å². The van der Waals surface area contributed by atoms with Crippen LogP contribution in [0.15, 0.2) is 11.6 Å². The molecule has 0 bridgehead atoms. The second kappa shape index (κ2) is 5.66. The quantitative estimate of drug-likeness (QED) is 0.719. The maximum atomic E-state index is 5.90. The van der Waals surface area contributed by atoms with Crippen LogP contribution in [-0.4, -0.2) is 25.3 Å². The molecule has 1 aliphatic carbocycles. The van der Waals surface area contributed by atoms with Gasteiger partial charge in [-0.05, 0) is 45.1 Å². The van der Waals surface area contributed by atoms with Crippen LogP contribution in [-0.2, 0) is 4.74 Å². The summed E-state index contributed by atoms with van der Waals surface area (Å²) < 4.78 is 5.90. The van der Waals surface area contributed by atoms with Crippen molar-refractivity contribution in [3.8, 4) is 0 Å². The molecular formula is C13H23NO. The van der Waals surface area contributed by atoms with Gasteiger partial charge in [0.05, 0.1) is 12.1 Å². The summed E-state index contributed by atoms with van der Waals surface area (Å²) in [6.07, 6.45) is 10.5. The third-order valence-corrected chi connectivity index (χ3v) is 3.49. The molecule has 0 radical (unpaired) electrons.